The number of benzene rings is 1. The summed E-state index contributed by atoms with van der Waals surface area (Å²) in [5.41, 5.74) is 7.09. The van der Waals surface area contributed by atoms with Gasteiger partial charge in [0.25, 0.3) is 0 Å². The molecule has 0 bridgehead atoms. The fourth-order valence-electron chi connectivity index (χ4n) is 4.33. The molecule has 3 aromatic heterocycles. The van der Waals surface area contributed by atoms with Gasteiger partial charge in [0.1, 0.15) is 18.1 Å². The molecule has 0 spiro atoms. The SMILES string of the molecule is CCn1cc(-c2ccnc(Cc3ccc4c(c3)CCN(C(=O)CO)C4)n2)c(-c2cccnc2)n1. The minimum atomic E-state index is -0.444. The van der Waals surface area contributed by atoms with Crippen molar-refractivity contribution in [1.82, 2.24) is 29.6 Å². The molecule has 0 radical (unpaired) electrons. The van der Waals surface area contributed by atoms with Crippen molar-refractivity contribution in [2.24, 2.45) is 0 Å². The maximum Gasteiger partial charge on any atom is 0.248 e. The molecule has 1 aromatic carbocycles. The average Bonchev–Trinajstić information content (AvgIpc) is 3.33. The Morgan fingerprint density at radius 1 is 1.15 bits per heavy atom. The molecule has 34 heavy (non-hydrogen) atoms. The van der Waals surface area contributed by atoms with E-state index in [1.54, 1.807) is 17.3 Å². The Morgan fingerprint density at radius 3 is 2.85 bits per heavy atom. The molecule has 5 rings (SSSR count). The quantitative estimate of drug-likeness (QED) is 0.481. The molecule has 4 aromatic rings. The van der Waals surface area contributed by atoms with E-state index in [0.717, 1.165) is 52.4 Å². The second-order valence-corrected chi connectivity index (χ2v) is 8.35. The van der Waals surface area contributed by atoms with E-state index in [1.807, 2.05) is 35.3 Å². The van der Waals surface area contributed by atoms with Crippen LogP contribution in [0.3, 0.4) is 0 Å². The molecular weight excluding hydrogens is 428 g/mol. The second-order valence-electron chi connectivity index (χ2n) is 8.35. The topological polar surface area (TPSA) is 97.0 Å². The minimum absolute atomic E-state index is 0.225. The van der Waals surface area contributed by atoms with Crippen molar-refractivity contribution in [1.29, 1.82) is 0 Å². The van der Waals surface area contributed by atoms with Crippen molar-refractivity contribution in [2.75, 3.05) is 13.2 Å². The average molecular weight is 455 g/mol. The summed E-state index contributed by atoms with van der Waals surface area (Å²) in [6.45, 7) is 3.55. The molecule has 1 aliphatic rings. The van der Waals surface area contributed by atoms with E-state index in [0.29, 0.717) is 19.5 Å². The van der Waals surface area contributed by atoms with Crippen LogP contribution in [0.25, 0.3) is 22.5 Å². The Balaban J connectivity index is 1.40. The van der Waals surface area contributed by atoms with Gasteiger partial charge in [0.15, 0.2) is 0 Å². The van der Waals surface area contributed by atoms with E-state index >= 15 is 0 Å². The molecule has 8 nitrogen and oxygen atoms in total. The van der Waals surface area contributed by atoms with Crippen molar-refractivity contribution < 1.29 is 9.90 Å². The molecule has 0 saturated heterocycles. The number of aromatic nitrogens is 5. The Bertz CT molecular complexity index is 1320. The lowest BCUT2D eigenvalue weighted by atomic mass is 9.96. The van der Waals surface area contributed by atoms with Crippen LogP contribution in [-0.4, -0.2) is 53.8 Å². The summed E-state index contributed by atoms with van der Waals surface area (Å²) in [6, 6.07) is 12.1. The lowest BCUT2D eigenvalue weighted by Gasteiger charge is -2.28. The molecule has 0 atom stereocenters. The van der Waals surface area contributed by atoms with Gasteiger partial charge in [-0.05, 0) is 48.2 Å². The van der Waals surface area contributed by atoms with Gasteiger partial charge in [0.2, 0.25) is 5.91 Å². The van der Waals surface area contributed by atoms with Crippen LogP contribution in [0, 0.1) is 0 Å². The number of aliphatic hydroxyl groups excluding tert-OH is 1. The maximum absolute atomic E-state index is 11.8. The summed E-state index contributed by atoms with van der Waals surface area (Å²) < 4.78 is 1.91. The summed E-state index contributed by atoms with van der Waals surface area (Å²) in [6.07, 6.45) is 8.78. The van der Waals surface area contributed by atoms with Crippen LogP contribution in [0.4, 0.5) is 0 Å². The number of aryl methyl sites for hydroxylation is 1. The van der Waals surface area contributed by atoms with Gasteiger partial charge >= 0.3 is 0 Å². The van der Waals surface area contributed by atoms with Gasteiger partial charge in [0, 0.05) is 62.0 Å². The molecule has 4 heterocycles. The molecular formula is C26H26N6O2. The monoisotopic (exact) mass is 454 g/mol. The Labute approximate surface area is 197 Å². The zero-order chi connectivity index (χ0) is 23.5. The first-order valence-electron chi connectivity index (χ1n) is 11.4. The normalized spacial score (nSPS) is 13.1. The Kier molecular flexibility index (Phi) is 6.14. The van der Waals surface area contributed by atoms with Crippen LogP contribution in [0.1, 0.15) is 29.4 Å². The summed E-state index contributed by atoms with van der Waals surface area (Å²) in [4.78, 5) is 27.1. The number of hydrogen-bond acceptors (Lipinski definition) is 6. The number of pyridine rings is 1. The highest BCUT2D eigenvalue weighted by Crippen LogP contribution is 2.29. The van der Waals surface area contributed by atoms with E-state index in [4.69, 9.17) is 15.2 Å². The lowest BCUT2D eigenvalue weighted by Crippen LogP contribution is -2.37. The zero-order valence-corrected chi connectivity index (χ0v) is 19.1. The largest absolute Gasteiger partial charge is 0.387 e. The number of fused-ring (bicyclic) bond motifs is 1. The molecule has 0 fully saturated rings. The third kappa shape index (κ3) is 4.45. The molecule has 1 N–H and O–H groups in total. The van der Waals surface area contributed by atoms with Crippen LogP contribution in [0.5, 0.6) is 0 Å². The minimum Gasteiger partial charge on any atom is -0.387 e. The predicted octanol–water partition coefficient (Wildman–Crippen LogP) is 2.89. The number of nitrogens with zero attached hydrogens (tertiary/aromatic N) is 6. The van der Waals surface area contributed by atoms with Gasteiger partial charge in [-0.2, -0.15) is 5.10 Å². The lowest BCUT2D eigenvalue weighted by molar-refractivity contribution is -0.135. The molecule has 1 aliphatic heterocycles. The van der Waals surface area contributed by atoms with Gasteiger partial charge in [0.05, 0.1) is 5.69 Å². The summed E-state index contributed by atoms with van der Waals surface area (Å²) >= 11 is 0. The van der Waals surface area contributed by atoms with Crippen LogP contribution < -0.4 is 0 Å². The first kappa shape index (κ1) is 21.9. The molecule has 172 valence electrons. The molecule has 1 amide bonds. The number of hydrogen-bond donors (Lipinski definition) is 1. The highest BCUT2D eigenvalue weighted by molar-refractivity contribution is 5.78. The molecule has 8 heteroatoms. The highest BCUT2D eigenvalue weighted by Gasteiger charge is 2.20. The van der Waals surface area contributed by atoms with Gasteiger partial charge in [-0.1, -0.05) is 18.2 Å². The summed E-state index contributed by atoms with van der Waals surface area (Å²) in [5, 5.41) is 13.9. The van der Waals surface area contributed by atoms with Crippen molar-refractivity contribution in [3.05, 3.63) is 83.7 Å². The fourth-order valence-corrected chi connectivity index (χ4v) is 4.33. The highest BCUT2D eigenvalue weighted by atomic mass is 16.3. The zero-order valence-electron chi connectivity index (χ0n) is 19.1. The molecule has 0 aliphatic carbocycles. The first-order chi connectivity index (χ1) is 16.6. The van der Waals surface area contributed by atoms with Gasteiger partial charge in [-0.25, -0.2) is 9.97 Å². The summed E-state index contributed by atoms with van der Waals surface area (Å²) in [5.74, 6) is 0.517. The van der Waals surface area contributed by atoms with Crippen molar-refractivity contribution in [3.63, 3.8) is 0 Å². The van der Waals surface area contributed by atoms with Gasteiger partial charge < -0.3 is 10.0 Å². The van der Waals surface area contributed by atoms with Gasteiger partial charge in [-0.3, -0.25) is 14.5 Å². The van der Waals surface area contributed by atoms with Crippen molar-refractivity contribution >= 4 is 5.91 Å². The number of amides is 1. The third-order valence-corrected chi connectivity index (χ3v) is 6.14. The number of carbonyl (C=O) groups excluding carboxylic acids is 1. The van der Waals surface area contributed by atoms with E-state index in [1.165, 1.54) is 5.56 Å². The van der Waals surface area contributed by atoms with E-state index in [9.17, 15) is 4.79 Å². The smallest absolute Gasteiger partial charge is 0.248 e. The summed E-state index contributed by atoms with van der Waals surface area (Å²) in [7, 11) is 0. The first-order valence-corrected chi connectivity index (χ1v) is 11.4. The Morgan fingerprint density at radius 2 is 2.06 bits per heavy atom. The molecule has 0 unspecified atom stereocenters. The predicted molar refractivity (Wildman–Crippen MR) is 128 cm³/mol. The van der Waals surface area contributed by atoms with E-state index < -0.39 is 6.61 Å². The third-order valence-electron chi connectivity index (χ3n) is 6.14. The van der Waals surface area contributed by atoms with Crippen molar-refractivity contribution in [2.45, 2.75) is 32.9 Å². The van der Waals surface area contributed by atoms with Crippen LogP contribution in [-0.2, 0) is 30.7 Å². The Hall–Kier alpha value is -3.91. The van der Waals surface area contributed by atoms with Gasteiger partial charge in [-0.15, -0.1) is 0 Å². The van der Waals surface area contributed by atoms with Crippen LogP contribution in [0.15, 0.2) is 61.2 Å². The van der Waals surface area contributed by atoms with Crippen LogP contribution in [0.2, 0.25) is 0 Å². The second kappa shape index (κ2) is 9.52. The maximum atomic E-state index is 11.8. The fraction of sp³-hybridized carbons (Fsp3) is 0.269. The number of aliphatic hydroxyl groups is 1. The van der Waals surface area contributed by atoms with Crippen LogP contribution >= 0.6 is 0 Å². The van der Waals surface area contributed by atoms with Crippen molar-refractivity contribution in [3.8, 4) is 22.5 Å². The van der Waals surface area contributed by atoms with E-state index in [-0.39, 0.29) is 5.91 Å². The standard InChI is InChI=1S/C26H26N6O2/c1-2-32-16-22(26(30-32)20-4-3-9-27-14-20)23-7-10-28-24(29-23)13-18-5-6-21-15-31(25(34)17-33)11-8-19(21)12-18/h3-7,9-10,12,14,16,33H,2,8,11,13,15,17H2,1H3. The molecule has 0 saturated carbocycles. The number of rotatable bonds is 6. The number of carbonyl (C=O) groups is 1. The van der Waals surface area contributed by atoms with E-state index in [2.05, 4.69) is 35.1 Å².